The van der Waals surface area contributed by atoms with Gasteiger partial charge in [0, 0.05) is 16.7 Å². The number of ketones is 2. The molecule has 0 heterocycles. The van der Waals surface area contributed by atoms with Gasteiger partial charge in [-0.05, 0) is 55.6 Å². The van der Waals surface area contributed by atoms with Gasteiger partial charge in [0.15, 0.2) is 11.6 Å². The third-order valence-electron chi connectivity index (χ3n) is 8.65. The van der Waals surface area contributed by atoms with Crippen molar-refractivity contribution in [2.45, 2.75) is 58.2 Å². The molecule has 0 amide bonds. The van der Waals surface area contributed by atoms with E-state index in [-0.39, 0.29) is 34.9 Å². The van der Waals surface area contributed by atoms with Crippen LogP contribution in [-0.2, 0) is 9.59 Å². The smallest absolute Gasteiger partial charge is 0.190 e. The highest BCUT2D eigenvalue weighted by Crippen LogP contribution is 2.68. The summed E-state index contributed by atoms with van der Waals surface area (Å²) in [5, 5.41) is 32.1. The van der Waals surface area contributed by atoms with E-state index in [1.54, 1.807) is 12.2 Å². The number of rotatable bonds is 2. The van der Waals surface area contributed by atoms with Crippen LogP contribution in [0.5, 0.6) is 0 Å². The average Bonchev–Trinajstić information content (AvgIpc) is 2.82. The molecule has 3 saturated carbocycles. The molecule has 3 fully saturated rings. The van der Waals surface area contributed by atoms with Crippen molar-refractivity contribution >= 4 is 11.6 Å². The van der Waals surface area contributed by atoms with Gasteiger partial charge < -0.3 is 15.3 Å². The summed E-state index contributed by atoms with van der Waals surface area (Å²) in [7, 11) is 0. The van der Waals surface area contributed by atoms with Gasteiger partial charge in [-0.25, -0.2) is 0 Å². The molecule has 4 rings (SSSR count). The van der Waals surface area contributed by atoms with E-state index in [0.717, 1.165) is 18.4 Å². The molecule has 4 aliphatic carbocycles. The number of Topliss-reactive ketones (excluding diaryl/α,β-unsaturated/α-hetero) is 1. The van der Waals surface area contributed by atoms with E-state index in [1.807, 2.05) is 19.9 Å². The van der Waals surface area contributed by atoms with Crippen LogP contribution in [0.1, 0.15) is 46.5 Å². The number of hydrogen-bond acceptors (Lipinski definition) is 5. The Morgan fingerprint density at radius 3 is 2.70 bits per heavy atom. The lowest BCUT2D eigenvalue weighted by atomic mass is 9.46. The molecular formula is C22H30O5. The Balaban J connectivity index is 1.78. The molecule has 5 heteroatoms. The van der Waals surface area contributed by atoms with Crippen LogP contribution in [0.3, 0.4) is 0 Å². The van der Waals surface area contributed by atoms with E-state index >= 15 is 0 Å². The molecule has 4 aliphatic rings. The molecule has 0 aromatic carbocycles. The number of hydrogen-bond donors (Lipinski definition) is 3. The Morgan fingerprint density at radius 1 is 1.33 bits per heavy atom. The third kappa shape index (κ3) is 2.22. The minimum absolute atomic E-state index is 0.00784. The molecule has 0 aromatic heterocycles. The van der Waals surface area contributed by atoms with Crippen LogP contribution in [0, 0.1) is 34.5 Å². The first-order valence-electron chi connectivity index (χ1n) is 10.1. The van der Waals surface area contributed by atoms with E-state index in [0.29, 0.717) is 12.8 Å². The zero-order valence-electron chi connectivity index (χ0n) is 16.3. The van der Waals surface area contributed by atoms with Gasteiger partial charge in [-0.1, -0.05) is 32.4 Å². The lowest BCUT2D eigenvalue weighted by Gasteiger charge is -2.59. The number of allylic oxidation sites excluding steroid dienone is 4. The van der Waals surface area contributed by atoms with Crippen LogP contribution in [0.4, 0.5) is 0 Å². The highest BCUT2D eigenvalue weighted by molar-refractivity contribution is 6.01. The first-order valence-corrected chi connectivity index (χ1v) is 10.1. The summed E-state index contributed by atoms with van der Waals surface area (Å²) in [6.45, 7) is 5.23. The second-order valence-corrected chi connectivity index (χ2v) is 9.70. The molecule has 3 N–H and O–H groups in total. The highest BCUT2D eigenvalue weighted by atomic mass is 16.3. The first kappa shape index (κ1) is 19.0. The Bertz CT molecular complexity index is 754. The second-order valence-electron chi connectivity index (χ2n) is 9.70. The largest absolute Gasteiger partial charge is 0.393 e. The van der Waals surface area contributed by atoms with Gasteiger partial charge in [-0.2, -0.15) is 0 Å². The van der Waals surface area contributed by atoms with Gasteiger partial charge >= 0.3 is 0 Å². The van der Waals surface area contributed by atoms with Gasteiger partial charge in [0.2, 0.25) is 0 Å². The quantitative estimate of drug-likeness (QED) is 0.685. The van der Waals surface area contributed by atoms with Gasteiger partial charge in [0.05, 0.1) is 6.10 Å². The third-order valence-corrected chi connectivity index (χ3v) is 8.65. The molecule has 0 saturated heterocycles. The fourth-order valence-electron chi connectivity index (χ4n) is 7.37. The summed E-state index contributed by atoms with van der Waals surface area (Å²) in [6, 6.07) is 0. The van der Waals surface area contributed by atoms with Crippen molar-refractivity contribution in [2.75, 3.05) is 6.61 Å². The van der Waals surface area contributed by atoms with Gasteiger partial charge in [-0.3, -0.25) is 9.59 Å². The van der Waals surface area contributed by atoms with Crippen molar-refractivity contribution < 1.29 is 24.9 Å². The molecule has 0 spiro atoms. The zero-order chi connectivity index (χ0) is 19.8. The van der Waals surface area contributed by atoms with Crippen molar-refractivity contribution in [3.63, 3.8) is 0 Å². The van der Waals surface area contributed by atoms with E-state index < -0.39 is 29.5 Å². The maximum absolute atomic E-state index is 12.6. The SMILES string of the molecule is CC1C[C@H]2[C@@H]3CCC4=CC(=O)C=C[C@]4(C)[C@H]3C(O)C[C@]2(C)[C@@]1(O)C(=O)CO. The number of aliphatic hydroxyl groups is 3. The fourth-order valence-corrected chi connectivity index (χ4v) is 7.37. The van der Waals surface area contributed by atoms with Crippen molar-refractivity contribution in [3.8, 4) is 0 Å². The molecule has 148 valence electrons. The minimum atomic E-state index is -1.60. The van der Waals surface area contributed by atoms with Crippen LogP contribution in [0.2, 0.25) is 0 Å². The van der Waals surface area contributed by atoms with Gasteiger partial charge in [-0.15, -0.1) is 0 Å². The minimum Gasteiger partial charge on any atom is -0.393 e. The predicted molar refractivity (Wildman–Crippen MR) is 99.6 cm³/mol. The van der Waals surface area contributed by atoms with E-state index in [2.05, 4.69) is 6.92 Å². The summed E-state index contributed by atoms with van der Waals surface area (Å²) in [5.41, 5.74) is -1.62. The van der Waals surface area contributed by atoms with E-state index in [9.17, 15) is 24.9 Å². The maximum Gasteiger partial charge on any atom is 0.190 e. The molecule has 5 nitrogen and oxygen atoms in total. The topological polar surface area (TPSA) is 94.8 Å². The summed E-state index contributed by atoms with van der Waals surface area (Å²) in [6.07, 6.45) is 7.30. The van der Waals surface area contributed by atoms with Crippen molar-refractivity contribution in [3.05, 3.63) is 23.8 Å². The molecule has 27 heavy (non-hydrogen) atoms. The van der Waals surface area contributed by atoms with Crippen LogP contribution in [0.25, 0.3) is 0 Å². The Morgan fingerprint density at radius 2 is 2.04 bits per heavy atom. The Hall–Kier alpha value is -1.30. The van der Waals surface area contributed by atoms with Gasteiger partial charge in [0.25, 0.3) is 0 Å². The number of carbonyl (C=O) groups is 2. The number of aliphatic hydroxyl groups excluding tert-OH is 2. The molecular weight excluding hydrogens is 344 g/mol. The van der Waals surface area contributed by atoms with Crippen molar-refractivity contribution in [2.24, 2.45) is 34.5 Å². The first-order chi connectivity index (χ1) is 12.6. The van der Waals surface area contributed by atoms with Crippen LogP contribution >= 0.6 is 0 Å². The Kier molecular flexibility index (Phi) is 4.12. The molecule has 8 atom stereocenters. The van der Waals surface area contributed by atoms with E-state index in [1.165, 1.54) is 0 Å². The zero-order valence-corrected chi connectivity index (χ0v) is 16.3. The van der Waals surface area contributed by atoms with Crippen LogP contribution in [-0.4, -0.2) is 45.2 Å². The monoisotopic (exact) mass is 374 g/mol. The summed E-state index contributed by atoms with van der Waals surface area (Å²) < 4.78 is 0. The average molecular weight is 374 g/mol. The highest BCUT2D eigenvalue weighted by Gasteiger charge is 2.70. The van der Waals surface area contributed by atoms with Crippen molar-refractivity contribution in [1.82, 2.24) is 0 Å². The van der Waals surface area contributed by atoms with Crippen LogP contribution < -0.4 is 0 Å². The lowest BCUT2D eigenvalue weighted by Crippen LogP contribution is -2.62. The maximum atomic E-state index is 12.6. The predicted octanol–water partition coefficient (Wildman–Crippen LogP) is 1.80. The number of carbonyl (C=O) groups excluding carboxylic acids is 2. The molecule has 0 radical (unpaired) electrons. The fraction of sp³-hybridized carbons (Fsp3) is 0.727. The van der Waals surface area contributed by atoms with Gasteiger partial charge in [0.1, 0.15) is 12.2 Å². The number of fused-ring (bicyclic) bond motifs is 5. The normalized spacial score (nSPS) is 51.3. The molecule has 0 bridgehead atoms. The summed E-state index contributed by atoms with van der Waals surface area (Å²) in [5.74, 6) is -0.539. The molecule has 2 unspecified atom stereocenters. The molecule has 0 aromatic rings. The van der Waals surface area contributed by atoms with Crippen molar-refractivity contribution in [1.29, 1.82) is 0 Å². The lowest BCUT2D eigenvalue weighted by molar-refractivity contribution is -0.183. The summed E-state index contributed by atoms with van der Waals surface area (Å²) >= 11 is 0. The van der Waals surface area contributed by atoms with E-state index in [4.69, 9.17) is 0 Å². The second kappa shape index (κ2) is 5.85. The molecule has 0 aliphatic heterocycles. The Labute approximate surface area is 160 Å². The van der Waals surface area contributed by atoms with Crippen LogP contribution in [0.15, 0.2) is 23.8 Å². The standard InChI is InChI=1S/C22H30O5/c1-12-8-16-15-5-4-13-9-14(24)6-7-20(13,2)19(15)17(25)10-21(16,3)22(12,27)18(26)11-23/h6-7,9,12,15-17,19,23,25,27H,4-5,8,10-11H2,1-3H3/t12?,15-,16-,17?,19+,20-,21-,22-/m0/s1. The summed E-state index contributed by atoms with van der Waals surface area (Å²) in [4.78, 5) is 24.4.